The van der Waals surface area contributed by atoms with Crippen LogP contribution in [-0.4, -0.2) is 42.4 Å². The van der Waals surface area contributed by atoms with Crippen molar-refractivity contribution < 1.29 is 5.11 Å². The minimum atomic E-state index is -0.375. The summed E-state index contributed by atoms with van der Waals surface area (Å²) in [6.45, 7) is 4.85. The van der Waals surface area contributed by atoms with Crippen LogP contribution in [0.4, 0.5) is 0 Å². The van der Waals surface area contributed by atoms with E-state index >= 15 is 0 Å². The summed E-state index contributed by atoms with van der Waals surface area (Å²) in [5.74, 6) is 0.430. The third-order valence-electron chi connectivity index (χ3n) is 5.67. The smallest absolute Gasteiger partial charge is 0.101 e. The summed E-state index contributed by atoms with van der Waals surface area (Å²) in [5.41, 5.74) is 4.35. The first-order valence-corrected chi connectivity index (χ1v) is 9.65. The van der Waals surface area contributed by atoms with Crippen molar-refractivity contribution in [3.8, 4) is 0 Å². The van der Waals surface area contributed by atoms with Crippen LogP contribution in [-0.2, 0) is 19.6 Å². The van der Waals surface area contributed by atoms with E-state index in [4.69, 9.17) is 0 Å². The van der Waals surface area contributed by atoms with Crippen molar-refractivity contribution in [3.63, 3.8) is 0 Å². The van der Waals surface area contributed by atoms with Gasteiger partial charge in [-0.25, -0.2) is 4.98 Å². The number of para-hydroxylation sites is 2. The normalized spacial score (nSPS) is 19.4. The van der Waals surface area contributed by atoms with Gasteiger partial charge in [-0.2, -0.15) is 5.10 Å². The molecule has 0 amide bonds. The van der Waals surface area contributed by atoms with Crippen molar-refractivity contribution in [3.05, 3.63) is 48.0 Å². The third-order valence-corrected chi connectivity index (χ3v) is 5.67. The molecular formula is C20H25N5O. The molecule has 6 heteroatoms. The highest BCUT2D eigenvalue weighted by atomic mass is 16.3. The Morgan fingerprint density at radius 2 is 2.04 bits per heavy atom. The Morgan fingerprint density at radius 3 is 2.92 bits per heavy atom. The third kappa shape index (κ3) is 3.04. The van der Waals surface area contributed by atoms with Crippen LogP contribution in [0.15, 0.2) is 36.7 Å². The van der Waals surface area contributed by atoms with Crippen molar-refractivity contribution in [2.45, 2.75) is 45.0 Å². The second kappa shape index (κ2) is 6.52. The summed E-state index contributed by atoms with van der Waals surface area (Å²) in [4.78, 5) is 6.97. The molecule has 0 bridgehead atoms. The highest BCUT2D eigenvalue weighted by molar-refractivity contribution is 5.74. The molecule has 26 heavy (non-hydrogen) atoms. The fourth-order valence-corrected chi connectivity index (χ4v) is 3.98. The van der Waals surface area contributed by atoms with Gasteiger partial charge in [-0.15, -0.1) is 0 Å². The molecule has 1 aliphatic carbocycles. The van der Waals surface area contributed by atoms with Crippen molar-refractivity contribution in [2.75, 3.05) is 13.1 Å². The molecule has 3 aromatic rings. The van der Waals surface area contributed by atoms with Crippen molar-refractivity contribution in [2.24, 2.45) is 5.92 Å². The average molecular weight is 351 g/mol. The van der Waals surface area contributed by atoms with Crippen LogP contribution in [0.2, 0.25) is 0 Å². The summed E-state index contributed by atoms with van der Waals surface area (Å²) in [5, 5.41) is 15.1. The lowest BCUT2D eigenvalue weighted by Gasteiger charge is -2.19. The van der Waals surface area contributed by atoms with Gasteiger partial charge in [0.1, 0.15) is 6.10 Å². The highest BCUT2D eigenvalue weighted by Gasteiger charge is 2.33. The van der Waals surface area contributed by atoms with Crippen LogP contribution < -0.4 is 0 Å². The predicted molar refractivity (Wildman–Crippen MR) is 99.5 cm³/mol. The Kier molecular flexibility index (Phi) is 4.02. The average Bonchev–Trinajstić information content (AvgIpc) is 3.37. The van der Waals surface area contributed by atoms with Gasteiger partial charge in [-0.3, -0.25) is 9.58 Å². The van der Waals surface area contributed by atoms with Gasteiger partial charge in [0.15, 0.2) is 0 Å². The van der Waals surface area contributed by atoms with E-state index in [0.717, 1.165) is 63.2 Å². The van der Waals surface area contributed by atoms with Gasteiger partial charge in [0.25, 0.3) is 0 Å². The zero-order valence-electron chi connectivity index (χ0n) is 15.0. The van der Waals surface area contributed by atoms with E-state index in [-0.39, 0.29) is 6.10 Å². The van der Waals surface area contributed by atoms with E-state index in [0.29, 0.717) is 5.92 Å². The van der Waals surface area contributed by atoms with Gasteiger partial charge in [-0.05, 0) is 43.4 Å². The number of benzene rings is 1. The summed E-state index contributed by atoms with van der Waals surface area (Å²) in [7, 11) is 0. The molecule has 136 valence electrons. The second-order valence-electron chi connectivity index (χ2n) is 7.62. The lowest BCUT2D eigenvalue weighted by molar-refractivity contribution is 0.148. The number of hydrogen-bond donors (Lipinski definition) is 1. The molecule has 3 heterocycles. The number of nitrogens with zero attached hydrogens (tertiary/aromatic N) is 5. The minimum Gasteiger partial charge on any atom is -0.386 e. The van der Waals surface area contributed by atoms with E-state index in [1.807, 2.05) is 12.4 Å². The molecule has 0 saturated heterocycles. The molecular weight excluding hydrogens is 326 g/mol. The Bertz CT molecular complexity index is 910. The van der Waals surface area contributed by atoms with Crippen LogP contribution in [0.3, 0.4) is 0 Å². The molecule has 1 saturated carbocycles. The number of aryl methyl sites for hydroxylation is 1. The SMILES string of the molecule is OC(c1cc2n(n1)CCCN(CCn1cnc3ccccc31)C2)C1CC1. The zero-order valence-corrected chi connectivity index (χ0v) is 15.0. The fourth-order valence-electron chi connectivity index (χ4n) is 3.98. The lowest BCUT2D eigenvalue weighted by atomic mass is 10.1. The number of aliphatic hydroxyl groups is 1. The number of aliphatic hydroxyl groups excluding tert-OH is 1. The van der Waals surface area contributed by atoms with Crippen molar-refractivity contribution in [1.29, 1.82) is 0 Å². The molecule has 1 atom stereocenters. The first kappa shape index (κ1) is 16.0. The van der Waals surface area contributed by atoms with Crippen LogP contribution in [0.1, 0.15) is 36.8 Å². The Morgan fingerprint density at radius 1 is 1.15 bits per heavy atom. The number of aromatic nitrogens is 4. The predicted octanol–water partition coefficient (Wildman–Crippen LogP) is 2.58. The molecule has 1 aromatic carbocycles. The van der Waals surface area contributed by atoms with Crippen LogP contribution in [0, 0.1) is 5.92 Å². The zero-order chi connectivity index (χ0) is 17.5. The maximum atomic E-state index is 10.4. The fraction of sp³-hybridized carbons (Fsp3) is 0.500. The molecule has 6 nitrogen and oxygen atoms in total. The molecule has 0 radical (unpaired) electrons. The molecule has 2 aliphatic rings. The minimum absolute atomic E-state index is 0.375. The van der Waals surface area contributed by atoms with E-state index in [2.05, 4.69) is 48.5 Å². The van der Waals surface area contributed by atoms with Crippen LogP contribution in [0.5, 0.6) is 0 Å². The Balaban J connectivity index is 1.28. The molecule has 1 N–H and O–H groups in total. The monoisotopic (exact) mass is 351 g/mol. The summed E-state index contributed by atoms with van der Waals surface area (Å²) >= 11 is 0. The first-order chi connectivity index (χ1) is 12.8. The Labute approximate surface area is 153 Å². The van der Waals surface area contributed by atoms with Crippen LogP contribution >= 0.6 is 0 Å². The molecule has 1 fully saturated rings. The van der Waals surface area contributed by atoms with Gasteiger partial charge in [0, 0.05) is 32.7 Å². The summed E-state index contributed by atoms with van der Waals surface area (Å²) in [6.07, 6.45) is 4.93. The van der Waals surface area contributed by atoms with Gasteiger partial charge in [-0.1, -0.05) is 12.1 Å². The Hall–Kier alpha value is -2.18. The van der Waals surface area contributed by atoms with Crippen LogP contribution in [0.25, 0.3) is 11.0 Å². The van der Waals surface area contributed by atoms with E-state index in [1.54, 1.807) is 0 Å². The van der Waals surface area contributed by atoms with E-state index < -0.39 is 0 Å². The van der Waals surface area contributed by atoms with E-state index in [1.165, 1.54) is 11.2 Å². The maximum Gasteiger partial charge on any atom is 0.101 e. The van der Waals surface area contributed by atoms with Gasteiger partial charge in [0.05, 0.1) is 28.7 Å². The molecule has 1 aliphatic heterocycles. The van der Waals surface area contributed by atoms with Crippen molar-refractivity contribution >= 4 is 11.0 Å². The standard InChI is InChI=1S/C20H25N5O/c26-20(15-6-7-15)18-12-16-13-23(8-3-9-25(16)22-18)10-11-24-14-21-17-4-1-2-5-19(17)24/h1-2,4-5,12,14-15,20,26H,3,6-11,13H2. The topological polar surface area (TPSA) is 59.1 Å². The van der Waals surface area contributed by atoms with Gasteiger partial charge >= 0.3 is 0 Å². The van der Waals surface area contributed by atoms with Gasteiger partial charge in [0.2, 0.25) is 0 Å². The maximum absolute atomic E-state index is 10.4. The number of rotatable bonds is 5. The molecule has 0 spiro atoms. The number of hydrogen-bond acceptors (Lipinski definition) is 4. The quantitative estimate of drug-likeness (QED) is 0.768. The highest BCUT2D eigenvalue weighted by Crippen LogP contribution is 2.40. The summed E-state index contributed by atoms with van der Waals surface area (Å²) in [6, 6.07) is 10.4. The summed E-state index contributed by atoms with van der Waals surface area (Å²) < 4.78 is 4.34. The lowest BCUT2D eigenvalue weighted by Crippen LogP contribution is -2.27. The van der Waals surface area contributed by atoms with Gasteiger partial charge < -0.3 is 9.67 Å². The van der Waals surface area contributed by atoms with Crippen molar-refractivity contribution in [1.82, 2.24) is 24.2 Å². The molecule has 5 rings (SSSR count). The first-order valence-electron chi connectivity index (χ1n) is 9.65. The van der Waals surface area contributed by atoms with E-state index in [9.17, 15) is 5.11 Å². The largest absolute Gasteiger partial charge is 0.386 e. The second-order valence-corrected chi connectivity index (χ2v) is 7.62. The number of imidazole rings is 1. The molecule has 2 aromatic heterocycles. The number of fused-ring (bicyclic) bond motifs is 2. The molecule has 1 unspecified atom stereocenters.